The number of unbranched alkanes of at least 4 members (excludes halogenated alkanes) is 11. The summed E-state index contributed by atoms with van der Waals surface area (Å²) < 4.78 is 0. The van der Waals surface area contributed by atoms with E-state index in [1.165, 1.54) is 77.0 Å². The first-order valence-electron chi connectivity index (χ1n) is 10.2. The molecule has 3 nitrogen and oxygen atoms in total. The van der Waals surface area contributed by atoms with Gasteiger partial charge in [0, 0.05) is 0 Å². The Hall–Kier alpha value is -0.860. The Morgan fingerprint density at radius 3 is 1.91 bits per heavy atom. The van der Waals surface area contributed by atoms with Crippen LogP contribution >= 0.6 is 0 Å². The minimum absolute atomic E-state index is 0.0706. The van der Waals surface area contributed by atoms with E-state index in [4.69, 9.17) is 0 Å². The van der Waals surface area contributed by atoms with E-state index in [1.54, 1.807) is 0 Å². The van der Waals surface area contributed by atoms with E-state index >= 15 is 0 Å². The van der Waals surface area contributed by atoms with Crippen molar-refractivity contribution in [2.24, 2.45) is 11.0 Å². The van der Waals surface area contributed by atoms with Crippen molar-refractivity contribution in [1.29, 1.82) is 0 Å². The second kappa shape index (κ2) is 13.6. The van der Waals surface area contributed by atoms with Crippen LogP contribution in [0.2, 0.25) is 0 Å². The summed E-state index contributed by atoms with van der Waals surface area (Å²) in [5.41, 5.74) is 3.82. The van der Waals surface area contributed by atoms with Crippen LogP contribution in [0.4, 0.5) is 0 Å². The Bertz CT molecular complexity index is 339. The second-order valence-corrected chi connectivity index (χ2v) is 7.06. The van der Waals surface area contributed by atoms with Crippen molar-refractivity contribution in [2.75, 3.05) is 0 Å². The minimum atomic E-state index is 0.0706. The van der Waals surface area contributed by atoms with Gasteiger partial charge in [0.15, 0.2) is 0 Å². The van der Waals surface area contributed by atoms with Crippen LogP contribution in [-0.2, 0) is 4.79 Å². The third-order valence-corrected chi connectivity index (χ3v) is 4.91. The Kier molecular flexibility index (Phi) is 11.9. The van der Waals surface area contributed by atoms with Gasteiger partial charge in [0.05, 0.1) is 11.6 Å². The molecule has 0 saturated carbocycles. The van der Waals surface area contributed by atoms with Crippen molar-refractivity contribution >= 4 is 11.6 Å². The molecule has 0 bridgehead atoms. The van der Waals surface area contributed by atoms with Crippen LogP contribution in [0.15, 0.2) is 5.10 Å². The van der Waals surface area contributed by atoms with Gasteiger partial charge >= 0.3 is 0 Å². The molecule has 0 radical (unpaired) electrons. The van der Waals surface area contributed by atoms with Crippen LogP contribution in [0.1, 0.15) is 110 Å². The van der Waals surface area contributed by atoms with E-state index in [-0.39, 0.29) is 11.8 Å². The highest BCUT2D eigenvalue weighted by Crippen LogP contribution is 2.21. The van der Waals surface area contributed by atoms with Crippen LogP contribution < -0.4 is 5.43 Å². The molecule has 3 heteroatoms. The lowest BCUT2D eigenvalue weighted by molar-refractivity contribution is -0.122. The predicted molar refractivity (Wildman–Crippen MR) is 99.7 cm³/mol. The number of hydrazone groups is 1. The van der Waals surface area contributed by atoms with Gasteiger partial charge in [-0.1, -0.05) is 90.9 Å². The summed E-state index contributed by atoms with van der Waals surface area (Å²) >= 11 is 0. The molecule has 1 aliphatic heterocycles. The number of nitrogens with one attached hydrogen (secondary N) is 1. The number of amides is 1. The van der Waals surface area contributed by atoms with Gasteiger partial charge in [-0.3, -0.25) is 4.79 Å². The Morgan fingerprint density at radius 2 is 1.30 bits per heavy atom. The van der Waals surface area contributed by atoms with Gasteiger partial charge in [0.2, 0.25) is 5.91 Å². The van der Waals surface area contributed by atoms with E-state index in [9.17, 15) is 4.79 Å². The molecule has 134 valence electrons. The molecule has 0 aromatic carbocycles. The maximum atomic E-state index is 11.9. The quantitative estimate of drug-likeness (QED) is 0.370. The van der Waals surface area contributed by atoms with Crippen molar-refractivity contribution in [3.05, 3.63) is 0 Å². The van der Waals surface area contributed by atoms with E-state index in [0.29, 0.717) is 0 Å². The standard InChI is InChI=1S/C20H38N2O/c1-3-5-7-9-11-13-15-17-19-18(20(23)22-21-19)16-14-12-10-8-6-4-2/h18H,3-17H2,1-2H3,(H,22,23). The maximum absolute atomic E-state index is 11.9. The molecule has 1 amide bonds. The van der Waals surface area contributed by atoms with Crippen LogP contribution in [0.3, 0.4) is 0 Å². The summed E-state index contributed by atoms with van der Waals surface area (Å²) in [4.78, 5) is 11.9. The molecule has 0 aromatic heterocycles. The fourth-order valence-corrected chi connectivity index (χ4v) is 3.35. The highest BCUT2D eigenvalue weighted by molar-refractivity contribution is 6.07. The topological polar surface area (TPSA) is 41.5 Å². The van der Waals surface area contributed by atoms with E-state index < -0.39 is 0 Å². The van der Waals surface area contributed by atoms with Crippen LogP contribution in [-0.4, -0.2) is 11.6 Å². The first-order chi connectivity index (χ1) is 11.3. The van der Waals surface area contributed by atoms with Gasteiger partial charge in [-0.05, 0) is 19.3 Å². The molecule has 1 N–H and O–H groups in total. The maximum Gasteiger partial charge on any atom is 0.248 e. The van der Waals surface area contributed by atoms with Crippen LogP contribution in [0, 0.1) is 5.92 Å². The molecule has 0 spiro atoms. The molecule has 0 fully saturated rings. The van der Waals surface area contributed by atoms with Gasteiger partial charge in [0.25, 0.3) is 0 Å². The van der Waals surface area contributed by atoms with Gasteiger partial charge in [-0.2, -0.15) is 5.10 Å². The SMILES string of the molecule is CCCCCCCCCC1=NNC(=O)C1CCCCCCCC. The zero-order chi connectivity index (χ0) is 16.8. The van der Waals surface area contributed by atoms with E-state index in [1.807, 2.05) is 0 Å². The number of rotatable bonds is 15. The van der Waals surface area contributed by atoms with Crippen molar-refractivity contribution < 1.29 is 4.79 Å². The average molecular weight is 323 g/mol. The first-order valence-corrected chi connectivity index (χ1v) is 10.2. The zero-order valence-electron chi connectivity index (χ0n) is 15.5. The predicted octanol–water partition coefficient (Wildman–Crippen LogP) is 5.98. The Labute approximate surface area is 143 Å². The summed E-state index contributed by atoms with van der Waals surface area (Å²) in [7, 11) is 0. The highest BCUT2D eigenvalue weighted by atomic mass is 16.2. The summed E-state index contributed by atoms with van der Waals surface area (Å²) in [5.74, 6) is 0.206. The molecular formula is C20H38N2O. The van der Waals surface area contributed by atoms with Crippen molar-refractivity contribution in [3.8, 4) is 0 Å². The largest absolute Gasteiger partial charge is 0.272 e. The molecule has 0 aliphatic carbocycles. The number of hydrogen-bond donors (Lipinski definition) is 1. The molecule has 1 heterocycles. The van der Waals surface area contributed by atoms with Crippen LogP contribution in [0.5, 0.6) is 0 Å². The van der Waals surface area contributed by atoms with Crippen molar-refractivity contribution in [1.82, 2.24) is 5.43 Å². The average Bonchev–Trinajstić information content (AvgIpc) is 2.90. The van der Waals surface area contributed by atoms with Crippen LogP contribution in [0.25, 0.3) is 0 Å². The molecule has 23 heavy (non-hydrogen) atoms. The Balaban J connectivity index is 2.10. The Morgan fingerprint density at radius 1 is 0.783 bits per heavy atom. The normalized spacial score (nSPS) is 17.4. The monoisotopic (exact) mass is 322 g/mol. The summed E-state index contributed by atoms with van der Waals surface area (Å²) in [6, 6.07) is 0. The molecule has 1 unspecified atom stereocenters. The lowest BCUT2D eigenvalue weighted by Gasteiger charge is -2.10. The summed E-state index contributed by atoms with van der Waals surface area (Å²) in [6.07, 6.45) is 18.9. The zero-order valence-corrected chi connectivity index (χ0v) is 15.5. The van der Waals surface area contributed by atoms with Gasteiger partial charge < -0.3 is 0 Å². The fourth-order valence-electron chi connectivity index (χ4n) is 3.35. The second-order valence-electron chi connectivity index (χ2n) is 7.06. The molecule has 1 rings (SSSR count). The van der Waals surface area contributed by atoms with Gasteiger partial charge in [-0.15, -0.1) is 0 Å². The number of carbonyl (C=O) groups excluding carboxylic acids is 1. The van der Waals surface area contributed by atoms with Crippen molar-refractivity contribution in [2.45, 2.75) is 110 Å². The number of hydrogen-bond acceptors (Lipinski definition) is 2. The van der Waals surface area contributed by atoms with Gasteiger partial charge in [0.1, 0.15) is 0 Å². The fraction of sp³-hybridized carbons (Fsp3) is 0.900. The smallest absolute Gasteiger partial charge is 0.248 e. The number of carbonyl (C=O) groups is 1. The number of nitrogens with zero attached hydrogens (tertiary/aromatic N) is 1. The molecule has 1 aliphatic rings. The highest BCUT2D eigenvalue weighted by Gasteiger charge is 2.28. The molecule has 0 saturated heterocycles. The lowest BCUT2D eigenvalue weighted by atomic mass is 9.92. The third kappa shape index (κ3) is 9.12. The third-order valence-electron chi connectivity index (χ3n) is 4.91. The van der Waals surface area contributed by atoms with Crippen molar-refractivity contribution in [3.63, 3.8) is 0 Å². The molecule has 1 atom stereocenters. The lowest BCUT2D eigenvalue weighted by Crippen LogP contribution is -2.23. The molecule has 0 aromatic rings. The summed E-state index contributed by atoms with van der Waals surface area (Å²) in [6.45, 7) is 4.50. The minimum Gasteiger partial charge on any atom is -0.272 e. The van der Waals surface area contributed by atoms with E-state index in [0.717, 1.165) is 25.0 Å². The first kappa shape index (κ1) is 20.2. The molecular weight excluding hydrogens is 284 g/mol. The van der Waals surface area contributed by atoms with E-state index in [2.05, 4.69) is 24.4 Å². The van der Waals surface area contributed by atoms with Gasteiger partial charge in [-0.25, -0.2) is 5.43 Å². The summed E-state index contributed by atoms with van der Waals surface area (Å²) in [5, 5.41) is 4.29.